The summed E-state index contributed by atoms with van der Waals surface area (Å²) in [4.78, 5) is 39.1. The summed E-state index contributed by atoms with van der Waals surface area (Å²) in [7, 11) is 2.23. The highest BCUT2D eigenvalue weighted by molar-refractivity contribution is 9.10. The minimum absolute atomic E-state index is 0.0969. The number of nitrogens with two attached hydrogens (primary N) is 1. The zero-order chi connectivity index (χ0) is 27.7. The Labute approximate surface area is 222 Å². The second-order valence-corrected chi connectivity index (χ2v) is 10.0. The fourth-order valence-electron chi connectivity index (χ4n) is 4.12. The van der Waals surface area contributed by atoms with Crippen LogP contribution in [-0.2, 0) is 24.5 Å². The van der Waals surface area contributed by atoms with E-state index in [9.17, 15) is 25.0 Å². The molecule has 0 amide bonds. The Morgan fingerprint density at radius 3 is 2.22 bits per heavy atom. The van der Waals surface area contributed by atoms with Gasteiger partial charge in [-0.15, -0.1) is 0 Å². The molecule has 2 aromatic carbocycles. The molecule has 0 fully saturated rings. The Bertz CT molecular complexity index is 1390. The Balaban J connectivity index is 2.53. The fraction of sp³-hybridized carbons (Fsp3) is 0.269. The van der Waals surface area contributed by atoms with Crippen LogP contribution in [0.5, 0.6) is 0 Å². The van der Waals surface area contributed by atoms with E-state index in [1.807, 2.05) is 26.8 Å². The number of esters is 2. The fourth-order valence-corrected chi connectivity index (χ4v) is 4.75. The van der Waals surface area contributed by atoms with Crippen LogP contribution in [0.1, 0.15) is 37.8 Å². The summed E-state index contributed by atoms with van der Waals surface area (Å²) in [5.74, 6) is -3.28. The van der Waals surface area contributed by atoms with Crippen molar-refractivity contribution in [3.63, 3.8) is 0 Å². The molecule has 0 aromatic heterocycles. The molecule has 1 unspecified atom stereocenters. The molecule has 0 saturated carbocycles. The molecule has 2 N–H and O–H groups in total. The van der Waals surface area contributed by atoms with Crippen LogP contribution in [0, 0.1) is 21.4 Å². The van der Waals surface area contributed by atoms with E-state index in [2.05, 4.69) is 15.9 Å². The highest BCUT2D eigenvalue weighted by Crippen LogP contribution is 2.48. The third-order valence-electron chi connectivity index (χ3n) is 5.94. The lowest BCUT2D eigenvalue weighted by Gasteiger charge is -2.36. The summed E-state index contributed by atoms with van der Waals surface area (Å²) >= 11 is 3.40. The molecule has 192 valence electrons. The number of methoxy groups -OCH3 is 2. The third kappa shape index (κ3) is 4.93. The molecule has 1 heterocycles. The van der Waals surface area contributed by atoms with E-state index in [0.717, 1.165) is 19.1 Å². The molecule has 10 nitrogen and oxygen atoms in total. The number of nitro groups is 1. The number of allylic oxidation sites excluding steroid dienone is 1. The lowest BCUT2D eigenvalue weighted by molar-refractivity contribution is -0.384. The largest absolute Gasteiger partial charge is 0.466 e. The summed E-state index contributed by atoms with van der Waals surface area (Å²) in [6.07, 6.45) is 0. The molecule has 0 bridgehead atoms. The molecule has 1 atom stereocenters. The number of nitro benzene ring substituents is 1. The van der Waals surface area contributed by atoms with E-state index >= 15 is 0 Å². The zero-order valence-electron chi connectivity index (χ0n) is 20.9. The number of ether oxygens (including phenoxy) is 2. The molecule has 0 radical (unpaired) electrons. The van der Waals surface area contributed by atoms with Crippen LogP contribution >= 0.6 is 15.9 Å². The number of carbonyl (C=O) groups excluding carboxylic acids is 2. The maximum atomic E-state index is 13.2. The first-order chi connectivity index (χ1) is 17.4. The van der Waals surface area contributed by atoms with Crippen molar-refractivity contribution in [2.45, 2.75) is 32.1 Å². The predicted molar refractivity (Wildman–Crippen MR) is 139 cm³/mol. The molecule has 1 aliphatic rings. The molecular formula is C26H25BrN4O6. The van der Waals surface area contributed by atoms with Gasteiger partial charge in [-0.1, -0.05) is 51.1 Å². The Hall–Kier alpha value is -4.17. The van der Waals surface area contributed by atoms with Gasteiger partial charge in [0.05, 0.1) is 42.3 Å². The number of rotatable bonds is 5. The Kier molecular flexibility index (Phi) is 7.74. The minimum Gasteiger partial charge on any atom is -0.466 e. The van der Waals surface area contributed by atoms with E-state index < -0.39 is 39.6 Å². The maximum absolute atomic E-state index is 13.2. The van der Waals surface area contributed by atoms with Crippen LogP contribution in [-0.4, -0.2) is 31.1 Å². The van der Waals surface area contributed by atoms with Crippen molar-refractivity contribution in [3.8, 4) is 6.07 Å². The van der Waals surface area contributed by atoms with Crippen LogP contribution in [0.15, 0.2) is 69.6 Å². The molecule has 1 aliphatic heterocycles. The van der Waals surface area contributed by atoms with Gasteiger partial charge in [-0.3, -0.25) is 15.0 Å². The second-order valence-electron chi connectivity index (χ2n) is 9.17. The number of anilines is 1. The van der Waals surface area contributed by atoms with Gasteiger partial charge in [-0.05, 0) is 38.5 Å². The van der Waals surface area contributed by atoms with Gasteiger partial charge >= 0.3 is 11.9 Å². The summed E-state index contributed by atoms with van der Waals surface area (Å²) in [5.41, 5.74) is 5.87. The van der Waals surface area contributed by atoms with Gasteiger partial charge < -0.3 is 15.2 Å². The van der Waals surface area contributed by atoms with Crippen molar-refractivity contribution in [1.29, 1.82) is 5.26 Å². The maximum Gasteiger partial charge on any atom is 0.355 e. The number of hydrogen-bond donors (Lipinski definition) is 1. The smallest absolute Gasteiger partial charge is 0.355 e. The monoisotopic (exact) mass is 568 g/mol. The summed E-state index contributed by atoms with van der Waals surface area (Å²) in [6, 6.07) is 13.5. The van der Waals surface area contributed by atoms with E-state index in [4.69, 9.17) is 15.2 Å². The molecule has 0 aliphatic carbocycles. The number of hydrogen-bond acceptors (Lipinski definition) is 9. The normalized spacial score (nSPS) is 15.8. The molecule has 0 saturated heterocycles. The SMILES string of the molecule is COC(=O)C1=C(C(=O)OC)N(c2c(Br)cc(C(C)(C)C)cc2[N+](=O)[O-])C(N)=C(C#N)C1c1ccccc1. The van der Waals surface area contributed by atoms with Crippen molar-refractivity contribution in [1.82, 2.24) is 0 Å². The van der Waals surface area contributed by atoms with E-state index in [1.165, 1.54) is 6.07 Å². The number of nitrogens with zero attached hydrogens (tertiary/aromatic N) is 3. The molecular weight excluding hydrogens is 544 g/mol. The van der Waals surface area contributed by atoms with E-state index in [-0.39, 0.29) is 27.1 Å². The third-order valence-corrected chi connectivity index (χ3v) is 6.54. The van der Waals surface area contributed by atoms with Crippen LogP contribution in [0.25, 0.3) is 0 Å². The zero-order valence-corrected chi connectivity index (χ0v) is 22.5. The van der Waals surface area contributed by atoms with Gasteiger partial charge in [0, 0.05) is 10.5 Å². The van der Waals surface area contributed by atoms with Gasteiger partial charge in [-0.25, -0.2) is 9.59 Å². The highest BCUT2D eigenvalue weighted by atomic mass is 79.9. The number of nitriles is 1. The molecule has 2 aromatic rings. The first kappa shape index (κ1) is 27.4. The first-order valence-electron chi connectivity index (χ1n) is 11.0. The molecule has 11 heteroatoms. The Morgan fingerprint density at radius 2 is 1.73 bits per heavy atom. The number of carbonyl (C=O) groups is 2. The average molecular weight is 569 g/mol. The number of benzene rings is 2. The van der Waals surface area contributed by atoms with Gasteiger partial charge in [-0.2, -0.15) is 5.26 Å². The quantitative estimate of drug-likeness (QED) is 0.311. The topological polar surface area (TPSA) is 149 Å². The summed E-state index contributed by atoms with van der Waals surface area (Å²) in [5, 5.41) is 22.4. The van der Waals surface area contributed by atoms with Crippen molar-refractivity contribution >= 4 is 39.2 Å². The van der Waals surface area contributed by atoms with Crippen molar-refractivity contribution in [3.05, 3.63) is 90.8 Å². The average Bonchev–Trinajstić information content (AvgIpc) is 2.86. The van der Waals surface area contributed by atoms with Gasteiger partial charge in [0.15, 0.2) is 0 Å². The standard InChI is InChI=1S/C26H25BrN4O6/c1-26(2,3)15-11-17(27)21(18(12-15)31(34)35)30-22(25(33)37-5)20(24(32)36-4)19(16(13-28)23(30)29)14-9-7-6-8-10-14/h6-12,19H,29H2,1-5H3. The van der Waals surface area contributed by atoms with E-state index in [1.54, 1.807) is 36.4 Å². The highest BCUT2D eigenvalue weighted by Gasteiger charge is 2.45. The number of halogens is 1. The van der Waals surface area contributed by atoms with Gasteiger partial charge in [0.2, 0.25) is 0 Å². The van der Waals surface area contributed by atoms with Gasteiger partial charge in [0.1, 0.15) is 17.2 Å². The van der Waals surface area contributed by atoms with Crippen LogP contribution in [0.2, 0.25) is 0 Å². The minimum atomic E-state index is -1.09. The van der Waals surface area contributed by atoms with Gasteiger partial charge in [0.25, 0.3) is 5.69 Å². The van der Waals surface area contributed by atoms with Crippen LogP contribution < -0.4 is 10.6 Å². The van der Waals surface area contributed by atoms with Crippen molar-refractivity contribution < 1.29 is 24.0 Å². The lowest BCUT2D eigenvalue weighted by atomic mass is 9.80. The molecule has 0 spiro atoms. The molecule has 3 rings (SSSR count). The second kappa shape index (κ2) is 10.4. The van der Waals surface area contributed by atoms with Crippen LogP contribution in [0.3, 0.4) is 0 Å². The predicted octanol–water partition coefficient (Wildman–Crippen LogP) is 4.55. The van der Waals surface area contributed by atoms with Crippen molar-refractivity contribution in [2.24, 2.45) is 5.73 Å². The first-order valence-corrected chi connectivity index (χ1v) is 11.8. The van der Waals surface area contributed by atoms with Crippen molar-refractivity contribution in [2.75, 3.05) is 19.1 Å². The summed E-state index contributed by atoms with van der Waals surface area (Å²) < 4.78 is 10.2. The lowest BCUT2D eigenvalue weighted by Crippen LogP contribution is -2.41. The van der Waals surface area contributed by atoms with E-state index in [0.29, 0.717) is 11.1 Å². The summed E-state index contributed by atoms with van der Waals surface area (Å²) in [6.45, 7) is 5.67. The molecule has 37 heavy (non-hydrogen) atoms. The Morgan fingerprint density at radius 1 is 1.14 bits per heavy atom. The van der Waals surface area contributed by atoms with Crippen LogP contribution in [0.4, 0.5) is 11.4 Å².